The number of nitrogens with two attached hydrogens (primary N) is 1. The summed E-state index contributed by atoms with van der Waals surface area (Å²) in [5, 5.41) is 0. The fraction of sp³-hybridized carbons (Fsp3) is 0.353. The van der Waals surface area contributed by atoms with Gasteiger partial charge in [0.05, 0.1) is 0 Å². The highest BCUT2D eigenvalue weighted by Gasteiger charge is 2.11. The van der Waals surface area contributed by atoms with E-state index in [4.69, 9.17) is 5.73 Å². The molecule has 112 valence electrons. The SMILES string of the molecule is CCC(N)Cc1cc(Br)ccc1N(C)Cc1cccnc1. The summed E-state index contributed by atoms with van der Waals surface area (Å²) in [6.07, 6.45) is 5.59. The smallest absolute Gasteiger partial charge is 0.0441 e. The van der Waals surface area contributed by atoms with Crippen molar-refractivity contribution in [2.45, 2.75) is 32.4 Å². The highest BCUT2D eigenvalue weighted by molar-refractivity contribution is 9.10. The molecule has 0 saturated carbocycles. The first kappa shape index (κ1) is 16.0. The van der Waals surface area contributed by atoms with Gasteiger partial charge < -0.3 is 10.6 Å². The van der Waals surface area contributed by atoms with Crippen molar-refractivity contribution in [1.29, 1.82) is 0 Å². The molecule has 0 radical (unpaired) electrons. The quantitative estimate of drug-likeness (QED) is 0.864. The molecule has 0 fully saturated rings. The standard InChI is InChI=1S/C17H22BrN3/c1-3-16(19)10-14-9-15(18)6-7-17(14)21(2)12-13-5-4-8-20-11-13/h4-9,11,16H,3,10,12,19H2,1-2H3. The van der Waals surface area contributed by atoms with Crippen LogP contribution >= 0.6 is 15.9 Å². The number of hydrogen-bond donors (Lipinski definition) is 1. The number of pyridine rings is 1. The van der Waals surface area contributed by atoms with Crippen molar-refractivity contribution in [2.75, 3.05) is 11.9 Å². The highest BCUT2D eigenvalue weighted by atomic mass is 79.9. The Labute approximate surface area is 135 Å². The van der Waals surface area contributed by atoms with Crippen LogP contribution in [-0.4, -0.2) is 18.1 Å². The average Bonchev–Trinajstić information content (AvgIpc) is 2.48. The summed E-state index contributed by atoms with van der Waals surface area (Å²) in [6, 6.07) is 10.7. The van der Waals surface area contributed by atoms with Gasteiger partial charge in [-0.05, 0) is 48.2 Å². The molecule has 3 nitrogen and oxygen atoms in total. The minimum Gasteiger partial charge on any atom is -0.370 e. The number of rotatable bonds is 6. The Balaban J connectivity index is 2.21. The summed E-state index contributed by atoms with van der Waals surface area (Å²) in [5.41, 5.74) is 9.85. The van der Waals surface area contributed by atoms with Crippen LogP contribution in [0.5, 0.6) is 0 Å². The first-order valence-electron chi connectivity index (χ1n) is 7.24. The Morgan fingerprint density at radius 1 is 1.33 bits per heavy atom. The third kappa shape index (κ3) is 4.55. The van der Waals surface area contributed by atoms with Crippen LogP contribution in [0.4, 0.5) is 5.69 Å². The molecule has 1 heterocycles. The first-order chi connectivity index (χ1) is 10.1. The Morgan fingerprint density at radius 2 is 2.14 bits per heavy atom. The summed E-state index contributed by atoms with van der Waals surface area (Å²) >= 11 is 3.55. The molecule has 1 atom stereocenters. The van der Waals surface area contributed by atoms with E-state index in [0.29, 0.717) is 0 Å². The predicted molar refractivity (Wildman–Crippen MR) is 92.5 cm³/mol. The molecule has 1 aromatic carbocycles. The molecule has 0 aliphatic carbocycles. The molecular weight excluding hydrogens is 326 g/mol. The first-order valence-corrected chi connectivity index (χ1v) is 8.03. The van der Waals surface area contributed by atoms with Crippen molar-refractivity contribution < 1.29 is 0 Å². The normalized spacial score (nSPS) is 12.2. The molecule has 1 unspecified atom stereocenters. The second kappa shape index (κ2) is 7.57. The molecule has 21 heavy (non-hydrogen) atoms. The van der Waals surface area contributed by atoms with Gasteiger partial charge in [-0.1, -0.05) is 28.9 Å². The third-order valence-corrected chi connectivity index (χ3v) is 4.10. The van der Waals surface area contributed by atoms with Gasteiger partial charge in [-0.3, -0.25) is 4.98 Å². The van der Waals surface area contributed by atoms with Crippen molar-refractivity contribution in [3.63, 3.8) is 0 Å². The van der Waals surface area contributed by atoms with E-state index >= 15 is 0 Å². The molecule has 1 aromatic heterocycles. The van der Waals surface area contributed by atoms with E-state index < -0.39 is 0 Å². The van der Waals surface area contributed by atoms with E-state index in [1.807, 2.05) is 12.3 Å². The Morgan fingerprint density at radius 3 is 2.81 bits per heavy atom. The maximum atomic E-state index is 6.13. The largest absolute Gasteiger partial charge is 0.370 e. The van der Waals surface area contributed by atoms with Gasteiger partial charge >= 0.3 is 0 Å². The second-order valence-electron chi connectivity index (χ2n) is 5.36. The fourth-order valence-corrected chi connectivity index (χ4v) is 2.78. The summed E-state index contributed by atoms with van der Waals surface area (Å²) in [5.74, 6) is 0. The lowest BCUT2D eigenvalue weighted by atomic mass is 10.0. The van der Waals surface area contributed by atoms with E-state index in [2.05, 4.69) is 64.1 Å². The molecular formula is C17H22BrN3. The molecule has 2 aromatic rings. The van der Waals surface area contributed by atoms with Gasteiger partial charge in [0, 0.05) is 42.2 Å². The van der Waals surface area contributed by atoms with Crippen LogP contribution in [0, 0.1) is 0 Å². The zero-order valence-corrected chi connectivity index (χ0v) is 14.2. The lowest BCUT2D eigenvalue weighted by Gasteiger charge is -2.24. The highest BCUT2D eigenvalue weighted by Crippen LogP contribution is 2.26. The molecule has 2 rings (SSSR count). The molecule has 0 spiro atoms. The minimum absolute atomic E-state index is 0.199. The van der Waals surface area contributed by atoms with Crippen molar-refractivity contribution in [1.82, 2.24) is 4.98 Å². The van der Waals surface area contributed by atoms with Crippen molar-refractivity contribution in [2.24, 2.45) is 5.73 Å². The summed E-state index contributed by atoms with van der Waals surface area (Å²) < 4.78 is 1.10. The fourth-order valence-electron chi connectivity index (χ4n) is 2.37. The molecule has 0 aliphatic rings. The summed E-state index contributed by atoms with van der Waals surface area (Å²) in [7, 11) is 2.11. The van der Waals surface area contributed by atoms with E-state index in [-0.39, 0.29) is 6.04 Å². The lowest BCUT2D eigenvalue weighted by molar-refractivity contribution is 0.645. The number of aromatic nitrogens is 1. The molecule has 2 N–H and O–H groups in total. The Hall–Kier alpha value is -1.39. The van der Waals surface area contributed by atoms with E-state index in [9.17, 15) is 0 Å². The van der Waals surface area contributed by atoms with Gasteiger partial charge in [-0.25, -0.2) is 0 Å². The van der Waals surface area contributed by atoms with E-state index in [1.54, 1.807) is 6.20 Å². The minimum atomic E-state index is 0.199. The monoisotopic (exact) mass is 347 g/mol. The number of nitrogens with zero attached hydrogens (tertiary/aromatic N) is 2. The van der Waals surface area contributed by atoms with Gasteiger partial charge in [0.2, 0.25) is 0 Å². The van der Waals surface area contributed by atoms with Crippen LogP contribution in [-0.2, 0) is 13.0 Å². The number of anilines is 1. The van der Waals surface area contributed by atoms with Crippen LogP contribution in [0.3, 0.4) is 0 Å². The van der Waals surface area contributed by atoms with Gasteiger partial charge in [-0.15, -0.1) is 0 Å². The zero-order chi connectivity index (χ0) is 15.2. The third-order valence-electron chi connectivity index (χ3n) is 3.60. The Bertz CT molecular complexity index is 572. The number of halogens is 1. The predicted octanol–water partition coefficient (Wildman–Crippen LogP) is 3.76. The maximum Gasteiger partial charge on any atom is 0.0441 e. The van der Waals surface area contributed by atoms with Crippen LogP contribution in [0.1, 0.15) is 24.5 Å². The summed E-state index contributed by atoms with van der Waals surface area (Å²) in [6.45, 7) is 2.96. The van der Waals surface area contributed by atoms with Crippen LogP contribution < -0.4 is 10.6 Å². The summed E-state index contributed by atoms with van der Waals surface area (Å²) in [4.78, 5) is 6.43. The van der Waals surface area contributed by atoms with Gasteiger partial charge in [0.15, 0.2) is 0 Å². The zero-order valence-electron chi connectivity index (χ0n) is 12.6. The van der Waals surface area contributed by atoms with Gasteiger partial charge in [-0.2, -0.15) is 0 Å². The van der Waals surface area contributed by atoms with Gasteiger partial charge in [0.25, 0.3) is 0 Å². The lowest BCUT2D eigenvalue weighted by Crippen LogP contribution is -2.24. The topological polar surface area (TPSA) is 42.1 Å². The second-order valence-corrected chi connectivity index (χ2v) is 6.28. The van der Waals surface area contributed by atoms with E-state index in [1.165, 1.54) is 16.8 Å². The molecule has 0 amide bonds. The van der Waals surface area contributed by atoms with Gasteiger partial charge in [0.1, 0.15) is 0 Å². The Kier molecular flexibility index (Phi) is 5.76. The number of benzene rings is 1. The van der Waals surface area contributed by atoms with Crippen molar-refractivity contribution in [3.8, 4) is 0 Å². The molecule has 0 bridgehead atoms. The van der Waals surface area contributed by atoms with Crippen LogP contribution in [0.2, 0.25) is 0 Å². The average molecular weight is 348 g/mol. The maximum absolute atomic E-state index is 6.13. The molecule has 0 saturated heterocycles. The number of hydrogen-bond acceptors (Lipinski definition) is 3. The van der Waals surface area contributed by atoms with Crippen LogP contribution in [0.25, 0.3) is 0 Å². The van der Waals surface area contributed by atoms with E-state index in [0.717, 1.165) is 23.9 Å². The van der Waals surface area contributed by atoms with Crippen LogP contribution in [0.15, 0.2) is 47.2 Å². The van der Waals surface area contributed by atoms with Crippen molar-refractivity contribution in [3.05, 3.63) is 58.3 Å². The van der Waals surface area contributed by atoms with Crippen molar-refractivity contribution >= 4 is 21.6 Å². The molecule has 4 heteroatoms. The molecule has 0 aliphatic heterocycles.